The van der Waals surface area contributed by atoms with Gasteiger partial charge in [0, 0.05) is 5.56 Å². The van der Waals surface area contributed by atoms with Crippen LogP contribution in [0.15, 0.2) is 34.2 Å². The van der Waals surface area contributed by atoms with E-state index >= 15 is 0 Å². The standard InChI is InChI=1S/C15H13N3O5/c1-23-15(21)11-13(19)12(8-3-2-4-9(7-8)17-22)16-18(14(11)20)10-5-6-10/h2-4,7,10,19H,5-6H2,1H3. The van der Waals surface area contributed by atoms with Crippen LogP contribution < -0.4 is 5.56 Å². The Morgan fingerprint density at radius 3 is 2.78 bits per heavy atom. The van der Waals surface area contributed by atoms with Crippen LogP contribution in [0.3, 0.4) is 0 Å². The van der Waals surface area contributed by atoms with Crippen molar-refractivity contribution in [2.24, 2.45) is 5.18 Å². The molecule has 0 radical (unpaired) electrons. The van der Waals surface area contributed by atoms with Gasteiger partial charge in [0.1, 0.15) is 11.4 Å². The lowest BCUT2D eigenvalue weighted by Crippen LogP contribution is -2.29. The van der Waals surface area contributed by atoms with Gasteiger partial charge in [-0.1, -0.05) is 12.1 Å². The molecule has 8 heteroatoms. The van der Waals surface area contributed by atoms with Crippen molar-refractivity contribution in [3.63, 3.8) is 0 Å². The number of methoxy groups -OCH3 is 1. The summed E-state index contributed by atoms with van der Waals surface area (Å²) in [5, 5.41) is 17.3. The van der Waals surface area contributed by atoms with E-state index in [0.717, 1.165) is 20.0 Å². The highest BCUT2D eigenvalue weighted by Gasteiger charge is 2.31. The molecule has 3 rings (SSSR count). The largest absolute Gasteiger partial charge is 0.505 e. The van der Waals surface area contributed by atoms with Gasteiger partial charge >= 0.3 is 5.97 Å². The molecule has 0 amide bonds. The molecule has 0 bridgehead atoms. The third-order valence-electron chi connectivity index (χ3n) is 3.60. The van der Waals surface area contributed by atoms with Crippen LogP contribution in [-0.4, -0.2) is 28.0 Å². The van der Waals surface area contributed by atoms with Crippen molar-refractivity contribution in [3.8, 4) is 17.0 Å². The molecule has 2 aromatic rings. The number of carbonyl (C=O) groups is 1. The van der Waals surface area contributed by atoms with Crippen LogP contribution in [0.2, 0.25) is 0 Å². The molecule has 1 aromatic carbocycles. The molecule has 1 saturated carbocycles. The number of nitroso groups, excluding NO2 is 1. The topological polar surface area (TPSA) is 111 Å². The van der Waals surface area contributed by atoms with Crippen LogP contribution in [0.5, 0.6) is 5.75 Å². The second kappa shape index (κ2) is 5.64. The van der Waals surface area contributed by atoms with Gasteiger partial charge in [-0.05, 0) is 30.2 Å². The Kier molecular flexibility index (Phi) is 3.65. The van der Waals surface area contributed by atoms with Gasteiger partial charge in [-0.3, -0.25) is 4.79 Å². The maximum absolute atomic E-state index is 12.3. The first-order chi connectivity index (χ1) is 11.1. The summed E-state index contributed by atoms with van der Waals surface area (Å²) in [7, 11) is 1.12. The van der Waals surface area contributed by atoms with Crippen molar-refractivity contribution < 1.29 is 14.6 Å². The van der Waals surface area contributed by atoms with Gasteiger partial charge in [0.05, 0.1) is 13.2 Å². The van der Waals surface area contributed by atoms with Crippen LogP contribution >= 0.6 is 0 Å². The number of carbonyl (C=O) groups excluding carboxylic acids is 1. The predicted molar refractivity (Wildman–Crippen MR) is 80.7 cm³/mol. The molecular formula is C15H13N3O5. The average molecular weight is 315 g/mol. The van der Waals surface area contributed by atoms with Crippen LogP contribution in [0.4, 0.5) is 5.69 Å². The smallest absolute Gasteiger partial charge is 0.347 e. The molecule has 1 N–H and O–H groups in total. The van der Waals surface area contributed by atoms with Crippen molar-refractivity contribution in [1.82, 2.24) is 9.78 Å². The summed E-state index contributed by atoms with van der Waals surface area (Å²) >= 11 is 0. The SMILES string of the molecule is COC(=O)c1c(O)c(-c2cccc(N=O)c2)nn(C2CC2)c1=O. The number of hydrogen-bond acceptors (Lipinski definition) is 7. The summed E-state index contributed by atoms with van der Waals surface area (Å²) in [5.74, 6) is -1.50. The van der Waals surface area contributed by atoms with E-state index in [-0.39, 0.29) is 17.4 Å². The molecule has 0 spiro atoms. The molecule has 0 atom stereocenters. The summed E-state index contributed by atoms with van der Waals surface area (Å²) < 4.78 is 5.76. The third kappa shape index (κ3) is 2.59. The molecule has 118 valence electrons. The first-order valence-electron chi connectivity index (χ1n) is 6.94. The summed E-state index contributed by atoms with van der Waals surface area (Å²) in [4.78, 5) is 34.9. The highest BCUT2D eigenvalue weighted by atomic mass is 16.5. The number of esters is 1. The van der Waals surface area contributed by atoms with Crippen LogP contribution in [0.25, 0.3) is 11.3 Å². The Bertz CT molecular complexity index is 855. The average Bonchev–Trinajstić information content (AvgIpc) is 3.39. The zero-order chi connectivity index (χ0) is 16.6. The summed E-state index contributed by atoms with van der Waals surface area (Å²) in [6.45, 7) is 0. The molecule has 8 nitrogen and oxygen atoms in total. The Hall–Kier alpha value is -3.03. The minimum absolute atomic E-state index is 0.0300. The highest BCUT2D eigenvalue weighted by molar-refractivity contribution is 5.94. The lowest BCUT2D eigenvalue weighted by Gasteiger charge is -2.12. The maximum atomic E-state index is 12.3. The maximum Gasteiger partial charge on any atom is 0.347 e. The molecule has 1 aromatic heterocycles. The Labute approximate surface area is 130 Å². The van der Waals surface area contributed by atoms with Gasteiger partial charge in [0.15, 0.2) is 11.3 Å². The molecule has 0 saturated heterocycles. The van der Waals surface area contributed by atoms with Crippen molar-refractivity contribution >= 4 is 11.7 Å². The quantitative estimate of drug-likeness (QED) is 0.683. The van der Waals surface area contributed by atoms with E-state index in [1.165, 1.54) is 16.8 Å². The molecule has 1 heterocycles. The number of aromatic hydroxyl groups is 1. The van der Waals surface area contributed by atoms with Crippen molar-refractivity contribution in [2.45, 2.75) is 18.9 Å². The van der Waals surface area contributed by atoms with Gasteiger partial charge in [0.25, 0.3) is 5.56 Å². The van der Waals surface area contributed by atoms with E-state index in [9.17, 15) is 19.6 Å². The van der Waals surface area contributed by atoms with E-state index in [2.05, 4.69) is 15.0 Å². The number of nitrogens with zero attached hydrogens (tertiary/aromatic N) is 3. The van der Waals surface area contributed by atoms with Gasteiger partial charge in [-0.15, -0.1) is 4.91 Å². The Balaban J connectivity index is 2.27. The molecule has 23 heavy (non-hydrogen) atoms. The number of aromatic nitrogens is 2. The second-order valence-electron chi connectivity index (χ2n) is 5.19. The lowest BCUT2D eigenvalue weighted by molar-refractivity contribution is 0.0594. The minimum atomic E-state index is -0.935. The van der Waals surface area contributed by atoms with E-state index in [1.54, 1.807) is 12.1 Å². The molecular weight excluding hydrogens is 302 g/mol. The first kappa shape index (κ1) is 14.9. The monoisotopic (exact) mass is 315 g/mol. The van der Waals surface area contributed by atoms with Crippen molar-refractivity contribution in [3.05, 3.63) is 45.1 Å². The first-order valence-corrected chi connectivity index (χ1v) is 6.94. The highest BCUT2D eigenvalue weighted by Crippen LogP contribution is 2.36. The van der Waals surface area contributed by atoms with Gasteiger partial charge in [0.2, 0.25) is 0 Å². The van der Waals surface area contributed by atoms with Crippen LogP contribution in [0.1, 0.15) is 29.2 Å². The van der Waals surface area contributed by atoms with Gasteiger partial charge in [-0.2, -0.15) is 5.10 Å². The fourth-order valence-corrected chi connectivity index (χ4v) is 2.29. The Morgan fingerprint density at radius 2 is 2.17 bits per heavy atom. The number of ether oxygens (including phenoxy) is 1. The van der Waals surface area contributed by atoms with Crippen molar-refractivity contribution in [1.29, 1.82) is 0 Å². The van der Waals surface area contributed by atoms with E-state index in [4.69, 9.17) is 0 Å². The fourth-order valence-electron chi connectivity index (χ4n) is 2.29. The summed E-state index contributed by atoms with van der Waals surface area (Å²) in [6.07, 6.45) is 1.54. The minimum Gasteiger partial charge on any atom is -0.505 e. The molecule has 1 fully saturated rings. The molecule has 0 aliphatic heterocycles. The van der Waals surface area contributed by atoms with Crippen molar-refractivity contribution in [2.75, 3.05) is 7.11 Å². The van der Waals surface area contributed by atoms with Crippen LogP contribution in [-0.2, 0) is 4.74 Å². The summed E-state index contributed by atoms with van der Waals surface area (Å²) in [5.41, 5.74) is -0.604. The zero-order valence-electron chi connectivity index (χ0n) is 12.2. The van der Waals surface area contributed by atoms with E-state index in [0.29, 0.717) is 5.56 Å². The molecule has 1 aliphatic carbocycles. The third-order valence-corrected chi connectivity index (χ3v) is 3.60. The fraction of sp³-hybridized carbons (Fsp3) is 0.267. The van der Waals surface area contributed by atoms with Gasteiger partial charge in [-0.25, -0.2) is 9.48 Å². The molecule has 0 unspecified atom stereocenters. The normalized spacial score (nSPS) is 13.6. The van der Waals surface area contributed by atoms with E-state index < -0.39 is 22.8 Å². The summed E-state index contributed by atoms with van der Waals surface area (Å²) in [6, 6.07) is 5.97. The Morgan fingerprint density at radius 1 is 1.43 bits per heavy atom. The zero-order valence-corrected chi connectivity index (χ0v) is 12.2. The van der Waals surface area contributed by atoms with Crippen LogP contribution in [0, 0.1) is 4.91 Å². The number of rotatable bonds is 4. The number of benzene rings is 1. The number of hydrogen-bond donors (Lipinski definition) is 1. The lowest BCUT2D eigenvalue weighted by atomic mass is 10.1. The second-order valence-corrected chi connectivity index (χ2v) is 5.19. The predicted octanol–water partition coefficient (Wildman–Crippen LogP) is 2.14. The van der Waals surface area contributed by atoms with E-state index in [1.807, 2.05) is 0 Å². The molecule has 1 aliphatic rings. The van der Waals surface area contributed by atoms with Gasteiger partial charge < -0.3 is 9.84 Å².